The van der Waals surface area contributed by atoms with E-state index in [0.717, 1.165) is 111 Å². The molecule has 0 atom stereocenters. The summed E-state index contributed by atoms with van der Waals surface area (Å²) in [5.74, 6) is 1.65. The molecule has 0 saturated carbocycles. The summed E-state index contributed by atoms with van der Waals surface area (Å²) in [5, 5.41) is 11.3. The van der Waals surface area contributed by atoms with E-state index in [1.165, 1.54) is 21.9 Å². The van der Waals surface area contributed by atoms with Crippen LogP contribution in [0.25, 0.3) is 87.3 Å². The Kier molecular flexibility index (Phi) is 8.55. The molecule has 318 valence electrons. The maximum Gasteiger partial charge on any atom is 0.159 e. The Hall–Kier alpha value is -9.12. The maximum absolute atomic E-state index is 7.19. The van der Waals surface area contributed by atoms with Crippen LogP contribution in [0.2, 0.25) is 0 Å². The van der Waals surface area contributed by atoms with Crippen molar-refractivity contribution >= 4 is 99.2 Å². The Morgan fingerprint density at radius 3 is 1.65 bits per heavy atom. The molecule has 1 aliphatic heterocycles. The molecule has 1 aliphatic rings. The van der Waals surface area contributed by atoms with Crippen LogP contribution in [0.4, 0.5) is 34.1 Å². The van der Waals surface area contributed by atoms with Gasteiger partial charge in [-0.15, -0.1) is 0 Å². The molecule has 0 amide bonds. The van der Waals surface area contributed by atoms with E-state index in [0.29, 0.717) is 0 Å². The van der Waals surface area contributed by atoms with Crippen molar-refractivity contribution in [1.82, 2.24) is 0 Å². The Morgan fingerprint density at radius 1 is 0.279 bits per heavy atom. The average molecular weight is 869 g/mol. The Labute approximate surface area is 392 Å². The maximum atomic E-state index is 7.19. The van der Waals surface area contributed by atoms with Gasteiger partial charge in [0.1, 0.15) is 17.1 Å². The second-order valence-electron chi connectivity index (χ2n) is 17.7. The zero-order valence-corrected chi connectivity index (χ0v) is 36.8. The minimum Gasteiger partial charge on any atom is -0.456 e. The number of hydrogen-bond donors (Lipinski definition) is 0. The summed E-state index contributed by atoms with van der Waals surface area (Å²) in [6, 6.07) is 86.9. The Morgan fingerprint density at radius 2 is 0.868 bits per heavy atom. The minimum absolute atomic E-state index is 0.821. The van der Waals surface area contributed by atoms with Crippen LogP contribution in [-0.4, -0.2) is 0 Å². The summed E-state index contributed by atoms with van der Waals surface area (Å²) >= 11 is 0. The van der Waals surface area contributed by atoms with Crippen LogP contribution in [-0.2, 0) is 0 Å². The third kappa shape index (κ3) is 6.08. The van der Waals surface area contributed by atoms with Gasteiger partial charge in [0.25, 0.3) is 0 Å². The van der Waals surface area contributed by atoms with E-state index in [-0.39, 0.29) is 0 Å². The average Bonchev–Trinajstić information content (AvgIpc) is 3.79. The summed E-state index contributed by atoms with van der Waals surface area (Å²) in [5.41, 5.74) is 12.5. The zero-order chi connectivity index (χ0) is 44.7. The lowest BCUT2D eigenvalue weighted by atomic mass is 9.91. The number of ether oxygens (including phenoxy) is 1. The van der Waals surface area contributed by atoms with Gasteiger partial charge in [0.2, 0.25) is 0 Å². The molecule has 13 aromatic rings. The normalized spacial score (nSPS) is 11.9. The zero-order valence-electron chi connectivity index (χ0n) is 36.8. The molecule has 0 unspecified atom stereocenters. The summed E-state index contributed by atoms with van der Waals surface area (Å²) in [7, 11) is 0. The lowest BCUT2D eigenvalue weighted by Gasteiger charge is -2.31. The van der Waals surface area contributed by atoms with E-state index in [9.17, 15) is 0 Å². The smallest absolute Gasteiger partial charge is 0.159 e. The van der Waals surface area contributed by atoms with E-state index < -0.39 is 0 Å². The van der Waals surface area contributed by atoms with E-state index in [2.05, 4.69) is 240 Å². The first-order chi connectivity index (χ1) is 33.7. The number of para-hydroxylation sites is 3. The fourth-order valence-corrected chi connectivity index (χ4v) is 10.6. The number of furan rings is 1. The summed E-state index contributed by atoms with van der Waals surface area (Å²) < 4.78 is 13.9. The number of hydrogen-bond acceptors (Lipinski definition) is 4. The monoisotopic (exact) mass is 868 g/mol. The van der Waals surface area contributed by atoms with Gasteiger partial charge in [-0.2, -0.15) is 0 Å². The molecule has 1 aromatic heterocycles. The first-order valence-electron chi connectivity index (χ1n) is 23.1. The third-order valence-corrected chi connectivity index (χ3v) is 13.7. The van der Waals surface area contributed by atoms with Crippen LogP contribution in [0, 0.1) is 0 Å². The van der Waals surface area contributed by atoms with Crippen LogP contribution in [0.5, 0.6) is 11.5 Å². The predicted molar refractivity (Wildman–Crippen MR) is 284 cm³/mol. The molecule has 0 fully saturated rings. The molecule has 0 N–H and O–H groups in total. The Bertz CT molecular complexity index is 4070. The molecule has 0 bridgehead atoms. The molecule has 2 heterocycles. The minimum atomic E-state index is 0.821. The summed E-state index contributed by atoms with van der Waals surface area (Å²) in [4.78, 5) is 4.74. The highest BCUT2D eigenvalue weighted by Crippen LogP contribution is 2.54. The lowest BCUT2D eigenvalue weighted by Crippen LogP contribution is -2.12. The highest BCUT2D eigenvalue weighted by Gasteiger charge is 2.27. The molecule has 0 spiro atoms. The van der Waals surface area contributed by atoms with Crippen LogP contribution >= 0.6 is 0 Å². The van der Waals surface area contributed by atoms with Gasteiger partial charge >= 0.3 is 0 Å². The van der Waals surface area contributed by atoms with E-state index in [1.807, 2.05) is 12.1 Å². The van der Waals surface area contributed by atoms with Crippen molar-refractivity contribution < 1.29 is 9.15 Å². The third-order valence-electron chi connectivity index (χ3n) is 13.7. The number of anilines is 6. The van der Waals surface area contributed by atoms with Gasteiger partial charge in [0.05, 0.1) is 17.1 Å². The van der Waals surface area contributed by atoms with Gasteiger partial charge in [-0.3, -0.25) is 0 Å². The van der Waals surface area contributed by atoms with Crippen molar-refractivity contribution in [3.05, 3.63) is 243 Å². The van der Waals surface area contributed by atoms with Crippen molar-refractivity contribution in [3.8, 4) is 33.8 Å². The first kappa shape index (κ1) is 38.2. The van der Waals surface area contributed by atoms with E-state index in [1.54, 1.807) is 0 Å². The molecule has 0 radical (unpaired) electrons. The van der Waals surface area contributed by atoms with Gasteiger partial charge in [-0.05, 0) is 117 Å². The standard InChI is InChI=1S/C64H40N2O2/c1-4-16-41(17-5-1)47-34-48(42-18-6-2-7-19-42)38-51(37-47)65(49-22-8-3-9-23-49)57-39-46-31-30-45-36-52(40-60-61(45)62(46)63-55(57)26-15-29-59(63)67-60)66(50-33-32-43-20-10-11-21-44(43)35-50)56-27-14-25-54-53-24-12-13-28-58(53)68-64(54)56/h1-40H. The first-order valence-corrected chi connectivity index (χ1v) is 23.1. The molecule has 0 aliphatic carbocycles. The largest absolute Gasteiger partial charge is 0.456 e. The van der Waals surface area contributed by atoms with Crippen LogP contribution in [0.1, 0.15) is 0 Å². The van der Waals surface area contributed by atoms with Crippen LogP contribution in [0.3, 0.4) is 0 Å². The van der Waals surface area contributed by atoms with E-state index in [4.69, 9.17) is 9.15 Å². The highest BCUT2D eigenvalue weighted by molar-refractivity contribution is 6.28. The second-order valence-corrected chi connectivity index (χ2v) is 17.7. The number of rotatable bonds is 8. The fraction of sp³-hybridized carbons (Fsp3) is 0. The molecule has 12 aromatic carbocycles. The summed E-state index contributed by atoms with van der Waals surface area (Å²) in [6.07, 6.45) is 0. The highest BCUT2D eigenvalue weighted by atomic mass is 16.5. The molecule has 14 rings (SSSR count). The lowest BCUT2D eigenvalue weighted by molar-refractivity contribution is 0.493. The number of nitrogens with zero attached hydrogens (tertiary/aromatic N) is 2. The molecule has 4 nitrogen and oxygen atoms in total. The van der Waals surface area contributed by atoms with Gasteiger partial charge in [-0.1, -0.05) is 164 Å². The van der Waals surface area contributed by atoms with Crippen molar-refractivity contribution in [2.24, 2.45) is 0 Å². The van der Waals surface area contributed by atoms with Crippen molar-refractivity contribution in [1.29, 1.82) is 0 Å². The molecule has 0 saturated heterocycles. The molecular weight excluding hydrogens is 829 g/mol. The number of fused-ring (bicyclic) bond motifs is 4. The van der Waals surface area contributed by atoms with Gasteiger partial charge in [0.15, 0.2) is 5.58 Å². The topological polar surface area (TPSA) is 28.9 Å². The Balaban J connectivity index is 0.995. The van der Waals surface area contributed by atoms with Crippen LogP contribution in [0.15, 0.2) is 247 Å². The second kappa shape index (κ2) is 15.2. The molecule has 68 heavy (non-hydrogen) atoms. The fourth-order valence-electron chi connectivity index (χ4n) is 10.6. The molecular formula is C64H40N2O2. The van der Waals surface area contributed by atoms with Crippen molar-refractivity contribution in [3.63, 3.8) is 0 Å². The van der Waals surface area contributed by atoms with Crippen molar-refractivity contribution in [2.45, 2.75) is 0 Å². The van der Waals surface area contributed by atoms with Gasteiger partial charge in [-0.25, -0.2) is 0 Å². The SMILES string of the molecule is c1ccc(-c2cc(-c3ccccc3)cc(N(c3ccccc3)c3cc4ccc5cc(N(c6ccc7ccccc7c6)c6cccc7c6oc6ccccc67)cc6c5c4c4c(cccc34)O6)c2)cc1. The van der Waals surface area contributed by atoms with Gasteiger partial charge < -0.3 is 19.0 Å². The van der Waals surface area contributed by atoms with Gasteiger partial charge in [0, 0.05) is 55.4 Å². The van der Waals surface area contributed by atoms with E-state index >= 15 is 0 Å². The quantitative estimate of drug-likeness (QED) is 0.142. The van der Waals surface area contributed by atoms with Crippen LogP contribution < -0.4 is 14.5 Å². The number of benzene rings is 12. The predicted octanol–water partition coefficient (Wildman–Crippen LogP) is 18.6. The molecule has 4 heteroatoms. The van der Waals surface area contributed by atoms with Crippen molar-refractivity contribution in [2.75, 3.05) is 9.80 Å². The summed E-state index contributed by atoms with van der Waals surface area (Å²) in [6.45, 7) is 0.